The van der Waals surface area contributed by atoms with Crippen LogP contribution in [-0.4, -0.2) is 45.9 Å². The lowest BCUT2D eigenvalue weighted by Crippen LogP contribution is -2.45. The van der Waals surface area contributed by atoms with Crippen LogP contribution in [0.1, 0.15) is 11.4 Å². The van der Waals surface area contributed by atoms with Gasteiger partial charge in [-0.25, -0.2) is 9.37 Å². The van der Waals surface area contributed by atoms with Crippen molar-refractivity contribution in [2.24, 2.45) is 0 Å². The number of benzene rings is 2. The highest BCUT2D eigenvalue weighted by Crippen LogP contribution is 2.21. The van der Waals surface area contributed by atoms with Crippen LogP contribution in [0, 0.1) is 5.82 Å². The Morgan fingerprint density at radius 3 is 2.46 bits per heavy atom. The van der Waals surface area contributed by atoms with Crippen LogP contribution >= 0.6 is 23.2 Å². The highest BCUT2D eigenvalue weighted by Gasteiger charge is 2.20. The topological polar surface area (TPSA) is 52.2 Å². The zero-order valence-corrected chi connectivity index (χ0v) is 16.6. The third-order valence-electron chi connectivity index (χ3n) is 5.00. The number of fused-ring (bicyclic) bond motifs is 1. The summed E-state index contributed by atoms with van der Waals surface area (Å²) < 4.78 is 14.0. The molecule has 3 aromatic rings. The van der Waals surface area contributed by atoms with E-state index in [9.17, 15) is 9.18 Å². The number of halogens is 3. The molecule has 2 heterocycles. The van der Waals surface area contributed by atoms with Crippen LogP contribution in [0.4, 0.5) is 4.39 Å². The molecule has 1 fully saturated rings. The number of aromatic amines is 1. The minimum absolute atomic E-state index is 0.185. The SMILES string of the molecule is O=c1[nH]c(CN2CCN(Cc3c(F)cccc3Cl)CC2)nc2ccc(Cl)cc12. The maximum Gasteiger partial charge on any atom is 0.258 e. The van der Waals surface area contributed by atoms with Crippen molar-refractivity contribution in [2.75, 3.05) is 26.2 Å². The average Bonchev–Trinajstić information content (AvgIpc) is 2.67. The van der Waals surface area contributed by atoms with E-state index < -0.39 is 0 Å². The van der Waals surface area contributed by atoms with Crippen molar-refractivity contribution in [3.05, 3.63) is 74.0 Å². The normalized spacial score (nSPS) is 16.0. The van der Waals surface area contributed by atoms with E-state index in [0.717, 1.165) is 26.2 Å². The van der Waals surface area contributed by atoms with Gasteiger partial charge in [-0.2, -0.15) is 0 Å². The lowest BCUT2D eigenvalue weighted by molar-refractivity contribution is 0.119. The van der Waals surface area contributed by atoms with Gasteiger partial charge in [0.15, 0.2) is 0 Å². The molecule has 0 amide bonds. The number of H-pyrrole nitrogens is 1. The molecule has 0 bridgehead atoms. The van der Waals surface area contributed by atoms with Crippen molar-refractivity contribution < 1.29 is 4.39 Å². The average molecular weight is 421 g/mol. The fraction of sp³-hybridized carbons (Fsp3) is 0.300. The lowest BCUT2D eigenvalue weighted by Gasteiger charge is -2.34. The van der Waals surface area contributed by atoms with Crippen molar-refractivity contribution in [1.29, 1.82) is 0 Å². The molecular weight excluding hydrogens is 402 g/mol. The van der Waals surface area contributed by atoms with Gasteiger partial charge in [-0.15, -0.1) is 0 Å². The first-order chi connectivity index (χ1) is 13.5. The first kappa shape index (κ1) is 19.3. The van der Waals surface area contributed by atoms with Crippen molar-refractivity contribution in [3.8, 4) is 0 Å². The van der Waals surface area contributed by atoms with Crippen LogP contribution in [0.15, 0.2) is 41.2 Å². The Balaban J connectivity index is 1.40. The van der Waals surface area contributed by atoms with Crippen molar-refractivity contribution in [3.63, 3.8) is 0 Å². The van der Waals surface area contributed by atoms with Crippen LogP contribution in [0.5, 0.6) is 0 Å². The first-order valence-electron chi connectivity index (χ1n) is 9.05. The van der Waals surface area contributed by atoms with Gasteiger partial charge in [-0.05, 0) is 30.3 Å². The van der Waals surface area contributed by atoms with Crippen molar-refractivity contribution in [2.45, 2.75) is 13.1 Å². The van der Waals surface area contributed by atoms with E-state index in [1.807, 2.05) is 0 Å². The predicted octanol–water partition coefficient (Wildman–Crippen LogP) is 3.69. The van der Waals surface area contributed by atoms with E-state index >= 15 is 0 Å². The monoisotopic (exact) mass is 420 g/mol. The Morgan fingerprint density at radius 1 is 1.04 bits per heavy atom. The van der Waals surface area contributed by atoms with Crippen molar-refractivity contribution in [1.82, 2.24) is 19.8 Å². The number of rotatable bonds is 4. The molecule has 1 aromatic heterocycles. The van der Waals surface area contributed by atoms with Gasteiger partial charge in [-0.3, -0.25) is 14.6 Å². The molecular formula is C20H19Cl2FN4O. The van der Waals surface area contributed by atoms with E-state index in [4.69, 9.17) is 23.2 Å². The molecule has 1 aliphatic rings. The summed E-state index contributed by atoms with van der Waals surface area (Å²) in [5, 5.41) is 1.46. The van der Waals surface area contributed by atoms with Gasteiger partial charge in [0.2, 0.25) is 0 Å². The Kier molecular flexibility index (Phi) is 5.64. The molecule has 0 unspecified atom stereocenters. The number of piperazine rings is 1. The molecule has 146 valence electrons. The van der Waals surface area contributed by atoms with Crippen LogP contribution in [0.2, 0.25) is 10.0 Å². The molecule has 0 aliphatic carbocycles. The van der Waals surface area contributed by atoms with E-state index in [-0.39, 0.29) is 11.4 Å². The minimum Gasteiger partial charge on any atom is -0.309 e. The highest BCUT2D eigenvalue weighted by atomic mass is 35.5. The van der Waals surface area contributed by atoms with Crippen LogP contribution in [0.3, 0.4) is 0 Å². The van der Waals surface area contributed by atoms with E-state index in [1.54, 1.807) is 30.3 Å². The Morgan fingerprint density at radius 2 is 1.75 bits per heavy atom. The Hall–Kier alpha value is -1.99. The number of nitrogens with zero attached hydrogens (tertiary/aromatic N) is 3. The van der Waals surface area contributed by atoms with Gasteiger partial charge < -0.3 is 4.98 Å². The number of nitrogens with one attached hydrogen (secondary N) is 1. The smallest absolute Gasteiger partial charge is 0.258 e. The second kappa shape index (κ2) is 8.17. The molecule has 8 heteroatoms. The second-order valence-corrected chi connectivity index (χ2v) is 7.77. The summed E-state index contributed by atoms with van der Waals surface area (Å²) in [6, 6.07) is 9.88. The van der Waals surface area contributed by atoms with E-state index in [2.05, 4.69) is 19.8 Å². The number of hydrogen-bond acceptors (Lipinski definition) is 4. The number of hydrogen-bond donors (Lipinski definition) is 1. The van der Waals surface area contributed by atoms with Gasteiger partial charge >= 0.3 is 0 Å². The number of aromatic nitrogens is 2. The molecule has 0 spiro atoms. The first-order valence-corrected chi connectivity index (χ1v) is 9.81. The summed E-state index contributed by atoms with van der Waals surface area (Å²) in [5.74, 6) is 0.360. The largest absolute Gasteiger partial charge is 0.309 e. The fourth-order valence-corrected chi connectivity index (χ4v) is 3.85. The summed E-state index contributed by atoms with van der Waals surface area (Å²) in [6.07, 6.45) is 0. The fourth-order valence-electron chi connectivity index (χ4n) is 3.46. The maximum absolute atomic E-state index is 14.0. The van der Waals surface area contributed by atoms with Crippen LogP contribution < -0.4 is 5.56 Å². The van der Waals surface area contributed by atoms with Gasteiger partial charge in [-0.1, -0.05) is 29.3 Å². The molecule has 0 saturated carbocycles. The molecule has 1 N–H and O–H groups in total. The van der Waals surface area contributed by atoms with E-state index in [0.29, 0.717) is 45.4 Å². The van der Waals surface area contributed by atoms with Gasteiger partial charge in [0.25, 0.3) is 5.56 Å². The zero-order valence-electron chi connectivity index (χ0n) is 15.1. The summed E-state index contributed by atoms with van der Waals surface area (Å²) in [4.78, 5) is 24.1. The Bertz CT molecular complexity index is 1040. The summed E-state index contributed by atoms with van der Waals surface area (Å²) in [6.45, 7) is 4.23. The molecule has 1 saturated heterocycles. The predicted molar refractivity (Wildman–Crippen MR) is 109 cm³/mol. The van der Waals surface area contributed by atoms with Crippen LogP contribution in [0.25, 0.3) is 10.9 Å². The molecule has 1 aliphatic heterocycles. The van der Waals surface area contributed by atoms with Crippen LogP contribution in [-0.2, 0) is 13.1 Å². The van der Waals surface area contributed by atoms with E-state index in [1.165, 1.54) is 6.07 Å². The minimum atomic E-state index is -0.270. The second-order valence-electron chi connectivity index (χ2n) is 6.93. The quantitative estimate of drug-likeness (QED) is 0.699. The lowest BCUT2D eigenvalue weighted by atomic mass is 10.2. The Labute approximate surface area is 171 Å². The third kappa shape index (κ3) is 4.20. The van der Waals surface area contributed by atoms with Crippen molar-refractivity contribution >= 4 is 34.1 Å². The molecule has 2 aromatic carbocycles. The van der Waals surface area contributed by atoms with Gasteiger partial charge in [0.05, 0.1) is 17.4 Å². The standard InChI is InChI=1S/C20H19Cl2FN4O/c21-13-4-5-18-14(10-13)20(28)25-19(24-18)12-27-8-6-26(7-9-27)11-15-16(22)2-1-3-17(15)23/h1-5,10H,6-9,11-12H2,(H,24,25,28). The molecule has 0 radical (unpaired) electrons. The summed E-state index contributed by atoms with van der Waals surface area (Å²) in [5.41, 5.74) is 0.989. The molecule has 28 heavy (non-hydrogen) atoms. The zero-order chi connectivity index (χ0) is 19.7. The van der Waals surface area contributed by atoms with Gasteiger partial charge in [0, 0.05) is 48.3 Å². The molecule has 4 rings (SSSR count). The summed E-state index contributed by atoms with van der Waals surface area (Å²) >= 11 is 12.1. The highest BCUT2D eigenvalue weighted by molar-refractivity contribution is 6.31. The molecule has 0 atom stereocenters. The molecule has 5 nitrogen and oxygen atoms in total. The maximum atomic E-state index is 14.0. The van der Waals surface area contributed by atoms with Gasteiger partial charge in [0.1, 0.15) is 11.6 Å². The third-order valence-corrected chi connectivity index (χ3v) is 5.59. The summed E-state index contributed by atoms with van der Waals surface area (Å²) in [7, 11) is 0.